The number of carbonyl (C=O) groups is 2. The summed E-state index contributed by atoms with van der Waals surface area (Å²) in [4.78, 5) is 31.9. The zero-order chi connectivity index (χ0) is 18.0. The highest BCUT2D eigenvalue weighted by Gasteiger charge is 2.33. The normalized spacial score (nSPS) is 13.8. The molecule has 0 atom stereocenters. The van der Waals surface area contributed by atoms with Gasteiger partial charge in [0, 0.05) is 23.1 Å². The molecule has 5 heteroatoms. The summed E-state index contributed by atoms with van der Waals surface area (Å²) in [6, 6.07) is 13.4. The lowest BCUT2D eigenvalue weighted by atomic mass is 10.0. The minimum atomic E-state index is -0.197. The lowest BCUT2D eigenvalue weighted by molar-refractivity contribution is 0.0990. The lowest BCUT2D eigenvalue weighted by Gasteiger charge is -2.00. The molecule has 0 N–H and O–H groups in total. The highest BCUT2D eigenvalue weighted by atomic mass is 32.1. The maximum atomic E-state index is 12.8. The first kappa shape index (κ1) is 15.2. The predicted octanol–water partition coefficient (Wildman–Crippen LogP) is 4.56. The van der Waals surface area contributed by atoms with E-state index in [2.05, 4.69) is 4.98 Å². The summed E-state index contributed by atoms with van der Waals surface area (Å²) in [5.41, 5.74) is 2.24. The van der Waals surface area contributed by atoms with Gasteiger partial charge in [0.1, 0.15) is 10.7 Å². The first-order valence-corrected chi connectivity index (χ1v) is 9.11. The molecule has 4 nitrogen and oxygen atoms in total. The number of carbonyl (C=O) groups excluding carboxylic acids is 2. The average molecular weight is 358 g/mol. The van der Waals surface area contributed by atoms with Crippen LogP contribution in [0.25, 0.3) is 27.2 Å². The van der Waals surface area contributed by atoms with Gasteiger partial charge in [0.2, 0.25) is 0 Å². The monoisotopic (exact) mass is 358 g/mol. The number of fused-ring (bicyclic) bond motifs is 3. The number of thiophene rings is 1. The molecule has 0 unspecified atom stereocenters. The van der Waals surface area contributed by atoms with Gasteiger partial charge >= 0.3 is 0 Å². The number of allylic oxidation sites excluding steroid dienone is 1. The summed E-state index contributed by atoms with van der Waals surface area (Å²) in [7, 11) is 1.96. The highest BCUT2D eigenvalue weighted by Crippen LogP contribution is 2.33. The number of aryl methyl sites for hydroxylation is 2. The number of rotatable bonds is 1. The first-order valence-electron chi connectivity index (χ1n) is 8.29. The second-order valence-corrected chi connectivity index (χ2v) is 7.58. The second kappa shape index (κ2) is 5.22. The van der Waals surface area contributed by atoms with Crippen LogP contribution in [0, 0.1) is 6.92 Å². The standard InChI is InChI=1S/C21H14N2O2S/c1-11-22-21-18(23(11)2)10-14(26-21)9-17-19(24)15-7-12-5-3-4-6-13(12)8-16(15)20(17)25/h3-10H,1-2H3. The molecule has 0 spiro atoms. The second-order valence-electron chi connectivity index (χ2n) is 6.52. The number of nitrogens with zero attached hydrogens (tertiary/aromatic N) is 2. The van der Waals surface area contributed by atoms with Crippen molar-refractivity contribution in [1.29, 1.82) is 0 Å². The molecule has 0 saturated heterocycles. The number of Topliss-reactive ketones (excluding diaryl/α,β-unsaturated/α-hetero) is 2. The number of benzene rings is 2. The van der Waals surface area contributed by atoms with Gasteiger partial charge in [-0.05, 0) is 42.0 Å². The zero-order valence-corrected chi connectivity index (χ0v) is 15.1. The minimum Gasteiger partial charge on any atom is -0.331 e. The molecular formula is C21H14N2O2S. The fourth-order valence-corrected chi connectivity index (χ4v) is 4.51. The largest absolute Gasteiger partial charge is 0.331 e. The maximum Gasteiger partial charge on any atom is 0.197 e. The van der Waals surface area contributed by atoms with E-state index in [-0.39, 0.29) is 17.1 Å². The van der Waals surface area contributed by atoms with Crippen molar-refractivity contribution in [3.63, 3.8) is 0 Å². The van der Waals surface area contributed by atoms with E-state index in [1.54, 1.807) is 6.08 Å². The molecule has 0 radical (unpaired) electrons. The number of ketones is 2. The van der Waals surface area contributed by atoms with E-state index in [0.717, 1.165) is 31.8 Å². The van der Waals surface area contributed by atoms with Crippen molar-refractivity contribution in [1.82, 2.24) is 9.55 Å². The zero-order valence-electron chi connectivity index (χ0n) is 14.2. The molecule has 5 rings (SSSR count). The highest BCUT2D eigenvalue weighted by molar-refractivity contribution is 7.19. The maximum absolute atomic E-state index is 12.8. The lowest BCUT2D eigenvalue weighted by Crippen LogP contribution is -1.99. The fraction of sp³-hybridized carbons (Fsp3) is 0.0952. The van der Waals surface area contributed by atoms with E-state index >= 15 is 0 Å². The van der Waals surface area contributed by atoms with Crippen LogP contribution in [-0.2, 0) is 7.05 Å². The van der Waals surface area contributed by atoms with Crippen molar-refractivity contribution >= 4 is 50.1 Å². The molecule has 0 aliphatic heterocycles. The van der Waals surface area contributed by atoms with Crippen LogP contribution < -0.4 is 0 Å². The molecule has 2 aromatic heterocycles. The third-order valence-electron chi connectivity index (χ3n) is 4.97. The van der Waals surface area contributed by atoms with Gasteiger partial charge < -0.3 is 4.57 Å². The average Bonchev–Trinajstić information content (AvgIpc) is 3.22. The molecule has 0 bridgehead atoms. The third-order valence-corrected chi connectivity index (χ3v) is 5.94. The Morgan fingerprint density at radius 2 is 1.62 bits per heavy atom. The topological polar surface area (TPSA) is 52.0 Å². The smallest absolute Gasteiger partial charge is 0.197 e. The number of aromatic nitrogens is 2. The van der Waals surface area contributed by atoms with Crippen LogP contribution in [0.1, 0.15) is 31.4 Å². The molecule has 1 aliphatic rings. The fourth-order valence-electron chi connectivity index (χ4n) is 3.46. The summed E-state index contributed by atoms with van der Waals surface area (Å²) in [5.74, 6) is 0.548. The van der Waals surface area contributed by atoms with Crippen molar-refractivity contribution in [3.05, 3.63) is 69.9 Å². The van der Waals surface area contributed by atoms with E-state index in [9.17, 15) is 9.59 Å². The van der Waals surface area contributed by atoms with Crippen molar-refractivity contribution in [2.45, 2.75) is 6.92 Å². The molecule has 1 aliphatic carbocycles. The quantitative estimate of drug-likeness (QED) is 0.370. The van der Waals surface area contributed by atoms with E-state index in [1.165, 1.54) is 11.3 Å². The Bertz CT molecular complexity index is 1230. The Morgan fingerprint density at radius 1 is 1.00 bits per heavy atom. The Labute approximate surface area is 153 Å². The summed E-state index contributed by atoms with van der Waals surface area (Å²) < 4.78 is 2.01. The van der Waals surface area contributed by atoms with E-state index < -0.39 is 0 Å². The van der Waals surface area contributed by atoms with Gasteiger partial charge in [-0.1, -0.05) is 24.3 Å². The summed E-state index contributed by atoms with van der Waals surface area (Å²) in [6.45, 7) is 1.95. The Balaban J connectivity index is 1.64. The van der Waals surface area contributed by atoms with E-state index in [4.69, 9.17) is 0 Å². The number of imidazole rings is 1. The van der Waals surface area contributed by atoms with Crippen molar-refractivity contribution in [2.24, 2.45) is 7.05 Å². The predicted molar refractivity (Wildman–Crippen MR) is 104 cm³/mol. The Morgan fingerprint density at radius 3 is 2.19 bits per heavy atom. The van der Waals surface area contributed by atoms with Gasteiger partial charge in [-0.3, -0.25) is 9.59 Å². The molecular weight excluding hydrogens is 344 g/mol. The van der Waals surface area contributed by atoms with Crippen LogP contribution in [0.4, 0.5) is 0 Å². The molecule has 0 saturated carbocycles. The van der Waals surface area contributed by atoms with Crippen LogP contribution in [0.2, 0.25) is 0 Å². The van der Waals surface area contributed by atoms with Crippen molar-refractivity contribution in [2.75, 3.05) is 0 Å². The van der Waals surface area contributed by atoms with Crippen LogP contribution in [0.3, 0.4) is 0 Å². The van der Waals surface area contributed by atoms with Crippen molar-refractivity contribution in [3.8, 4) is 0 Å². The Kier molecular flexibility index (Phi) is 3.06. The van der Waals surface area contributed by atoms with Gasteiger partial charge in [0.15, 0.2) is 11.6 Å². The number of hydrogen-bond donors (Lipinski definition) is 0. The van der Waals surface area contributed by atoms with Gasteiger partial charge in [-0.2, -0.15) is 0 Å². The van der Waals surface area contributed by atoms with Gasteiger partial charge in [-0.25, -0.2) is 4.98 Å². The van der Waals surface area contributed by atoms with E-state index in [1.807, 2.05) is 61.0 Å². The first-order chi connectivity index (χ1) is 12.5. The van der Waals surface area contributed by atoms with Crippen LogP contribution in [0.5, 0.6) is 0 Å². The van der Waals surface area contributed by atoms with E-state index in [0.29, 0.717) is 11.1 Å². The Hall–Kier alpha value is -3.05. The van der Waals surface area contributed by atoms with Crippen LogP contribution in [0.15, 0.2) is 48.0 Å². The molecule has 126 valence electrons. The molecule has 2 aromatic carbocycles. The molecule has 26 heavy (non-hydrogen) atoms. The molecule has 4 aromatic rings. The van der Waals surface area contributed by atoms with Gasteiger partial charge in [-0.15, -0.1) is 11.3 Å². The molecule has 2 heterocycles. The SMILES string of the molecule is Cc1nc2sc(C=C3C(=O)c4cc5ccccc5cc4C3=O)cc2n1C. The van der Waals surface area contributed by atoms with Crippen molar-refractivity contribution < 1.29 is 9.59 Å². The van der Waals surface area contributed by atoms with Crippen LogP contribution in [-0.4, -0.2) is 21.1 Å². The van der Waals surface area contributed by atoms with Crippen LogP contribution >= 0.6 is 11.3 Å². The molecule has 0 fully saturated rings. The minimum absolute atomic E-state index is 0.197. The third kappa shape index (κ3) is 2.04. The summed E-state index contributed by atoms with van der Waals surface area (Å²) >= 11 is 1.49. The summed E-state index contributed by atoms with van der Waals surface area (Å²) in [6.07, 6.45) is 1.71. The number of hydrogen-bond acceptors (Lipinski definition) is 4. The van der Waals surface area contributed by atoms with Gasteiger partial charge in [0.05, 0.1) is 11.1 Å². The van der Waals surface area contributed by atoms with Gasteiger partial charge in [0.25, 0.3) is 0 Å². The molecule has 0 amide bonds. The summed E-state index contributed by atoms with van der Waals surface area (Å²) in [5, 5.41) is 1.94.